The summed E-state index contributed by atoms with van der Waals surface area (Å²) in [4.78, 5) is 19.0. The number of nitrogens with zero attached hydrogens (tertiary/aromatic N) is 3. The molecule has 6 heteroatoms. The number of aryl methyl sites for hydroxylation is 1. The van der Waals surface area contributed by atoms with Gasteiger partial charge in [-0.3, -0.25) is 4.79 Å². The van der Waals surface area contributed by atoms with Crippen LogP contribution in [0.3, 0.4) is 0 Å². The van der Waals surface area contributed by atoms with Gasteiger partial charge in [0.25, 0.3) is 0 Å². The molecule has 3 heterocycles. The lowest BCUT2D eigenvalue weighted by molar-refractivity contribution is -0.134. The molecule has 2 aromatic rings. The van der Waals surface area contributed by atoms with Crippen LogP contribution in [0.15, 0.2) is 21.3 Å². The van der Waals surface area contributed by atoms with Gasteiger partial charge in [0.2, 0.25) is 17.6 Å². The molecule has 1 aliphatic carbocycles. The lowest BCUT2D eigenvalue weighted by atomic mass is 9.75. The van der Waals surface area contributed by atoms with Crippen LogP contribution in [0, 0.1) is 11.8 Å². The zero-order valence-corrected chi connectivity index (χ0v) is 14.6. The van der Waals surface area contributed by atoms with Gasteiger partial charge in [-0.25, -0.2) is 0 Å². The number of carbonyl (C=O) groups excluding carboxylic acids is 1. The van der Waals surface area contributed by atoms with Gasteiger partial charge in [-0.15, -0.1) is 0 Å². The molecule has 1 aliphatic heterocycles. The molecule has 1 saturated heterocycles. The first-order valence-corrected chi connectivity index (χ1v) is 9.87. The molecule has 2 aromatic heterocycles. The summed E-state index contributed by atoms with van der Waals surface area (Å²) in [7, 11) is 0. The SMILES string of the molecule is O=C(CCc1nc(-c2ccsc2)no1)N1CC[C@@H]2CCCC[C@@H]2C1. The number of hydrogen-bond acceptors (Lipinski definition) is 5. The number of piperidine rings is 1. The third-order valence-electron chi connectivity index (χ3n) is 5.44. The van der Waals surface area contributed by atoms with Crippen molar-refractivity contribution in [1.29, 1.82) is 0 Å². The molecule has 2 aliphatic rings. The van der Waals surface area contributed by atoms with E-state index in [9.17, 15) is 4.79 Å². The Balaban J connectivity index is 1.30. The van der Waals surface area contributed by atoms with E-state index in [0.29, 0.717) is 24.6 Å². The molecule has 0 spiro atoms. The fraction of sp³-hybridized carbons (Fsp3) is 0.611. The first kappa shape index (κ1) is 15.8. The monoisotopic (exact) mass is 345 g/mol. The highest BCUT2D eigenvalue weighted by atomic mass is 32.1. The van der Waals surface area contributed by atoms with Crippen molar-refractivity contribution in [3.05, 3.63) is 22.7 Å². The second-order valence-electron chi connectivity index (χ2n) is 6.96. The number of aromatic nitrogens is 2. The molecule has 0 bridgehead atoms. The Hall–Kier alpha value is -1.69. The Kier molecular flexibility index (Phi) is 4.65. The standard InChI is InChI=1S/C18H23N3O2S/c22-17(21-9-7-13-3-1-2-4-14(13)11-21)6-5-16-19-18(20-23-16)15-8-10-24-12-15/h8,10,12-14H,1-7,9,11H2/t13-,14+/m0/s1. The smallest absolute Gasteiger partial charge is 0.227 e. The van der Waals surface area contributed by atoms with Crippen LogP contribution in [0.5, 0.6) is 0 Å². The van der Waals surface area contributed by atoms with E-state index < -0.39 is 0 Å². The summed E-state index contributed by atoms with van der Waals surface area (Å²) in [6.07, 6.45) is 7.53. The topological polar surface area (TPSA) is 59.2 Å². The quantitative estimate of drug-likeness (QED) is 0.846. The maximum atomic E-state index is 12.5. The van der Waals surface area contributed by atoms with E-state index in [0.717, 1.165) is 30.5 Å². The highest BCUT2D eigenvalue weighted by molar-refractivity contribution is 7.08. The van der Waals surface area contributed by atoms with Crippen molar-refractivity contribution in [2.75, 3.05) is 13.1 Å². The van der Waals surface area contributed by atoms with Crippen LogP contribution in [0.1, 0.15) is 44.4 Å². The molecule has 24 heavy (non-hydrogen) atoms. The van der Waals surface area contributed by atoms with Gasteiger partial charge in [-0.1, -0.05) is 24.4 Å². The Bertz CT molecular complexity index is 682. The lowest BCUT2D eigenvalue weighted by Crippen LogP contribution is -2.44. The van der Waals surface area contributed by atoms with Gasteiger partial charge in [0, 0.05) is 36.9 Å². The maximum Gasteiger partial charge on any atom is 0.227 e. The van der Waals surface area contributed by atoms with Crippen molar-refractivity contribution >= 4 is 17.2 Å². The van der Waals surface area contributed by atoms with Gasteiger partial charge in [0.05, 0.1) is 0 Å². The van der Waals surface area contributed by atoms with Gasteiger partial charge in [0.15, 0.2) is 0 Å². The zero-order valence-electron chi connectivity index (χ0n) is 13.8. The van der Waals surface area contributed by atoms with Crippen molar-refractivity contribution < 1.29 is 9.32 Å². The van der Waals surface area contributed by atoms with Gasteiger partial charge >= 0.3 is 0 Å². The van der Waals surface area contributed by atoms with Crippen molar-refractivity contribution in [2.45, 2.75) is 44.9 Å². The molecule has 0 unspecified atom stereocenters. The predicted octanol–water partition coefficient (Wildman–Crippen LogP) is 3.77. The minimum absolute atomic E-state index is 0.231. The molecule has 1 amide bonds. The van der Waals surface area contributed by atoms with Crippen molar-refractivity contribution in [1.82, 2.24) is 15.0 Å². The molecule has 2 fully saturated rings. The summed E-state index contributed by atoms with van der Waals surface area (Å²) in [5.74, 6) is 2.98. The third-order valence-corrected chi connectivity index (χ3v) is 6.13. The Morgan fingerprint density at radius 2 is 2.17 bits per heavy atom. The molecule has 0 N–H and O–H groups in total. The Morgan fingerprint density at radius 3 is 3.00 bits per heavy atom. The largest absolute Gasteiger partial charge is 0.342 e. The predicted molar refractivity (Wildman–Crippen MR) is 92.6 cm³/mol. The maximum absolute atomic E-state index is 12.5. The van der Waals surface area contributed by atoms with Crippen LogP contribution < -0.4 is 0 Å². The van der Waals surface area contributed by atoms with E-state index in [2.05, 4.69) is 15.0 Å². The molecule has 4 rings (SSSR count). The van der Waals surface area contributed by atoms with Crippen LogP contribution in [-0.2, 0) is 11.2 Å². The average Bonchev–Trinajstić information content (AvgIpc) is 3.30. The Morgan fingerprint density at radius 1 is 1.29 bits per heavy atom. The Labute approximate surface area is 146 Å². The van der Waals surface area contributed by atoms with Crippen LogP contribution in [0.2, 0.25) is 0 Å². The number of thiophene rings is 1. The summed E-state index contributed by atoms with van der Waals surface area (Å²) >= 11 is 1.61. The molecular formula is C18H23N3O2S. The van der Waals surface area contributed by atoms with Gasteiger partial charge < -0.3 is 9.42 Å². The fourth-order valence-electron chi connectivity index (χ4n) is 4.06. The number of likely N-dealkylation sites (tertiary alicyclic amines) is 1. The van der Waals surface area contributed by atoms with Crippen molar-refractivity contribution in [3.8, 4) is 11.4 Å². The molecule has 0 radical (unpaired) electrons. The van der Waals surface area contributed by atoms with Gasteiger partial charge in [-0.05, 0) is 36.1 Å². The summed E-state index contributed by atoms with van der Waals surface area (Å²) in [5, 5.41) is 7.98. The van der Waals surface area contributed by atoms with E-state index in [1.165, 1.54) is 32.1 Å². The lowest BCUT2D eigenvalue weighted by Gasteiger charge is -2.41. The fourth-order valence-corrected chi connectivity index (χ4v) is 4.70. The van der Waals surface area contributed by atoms with Crippen LogP contribution in [0.4, 0.5) is 0 Å². The third kappa shape index (κ3) is 3.38. The van der Waals surface area contributed by atoms with E-state index in [4.69, 9.17) is 4.52 Å². The highest BCUT2D eigenvalue weighted by Gasteiger charge is 2.32. The average molecular weight is 345 g/mol. The number of amides is 1. The number of hydrogen-bond donors (Lipinski definition) is 0. The molecule has 128 valence electrons. The number of rotatable bonds is 4. The van der Waals surface area contributed by atoms with Gasteiger partial charge in [0.1, 0.15) is 0 Å². The second-order valence-corrected chi connectivity index (χ2v) is 7.74. The molecule has 5 nitrogen and oxygen atoms in total. The molecule has 0 aromatic carbocycles. The number of fused-ring (bicyclic) bond motifs is 1. The van der Waals surface area contributed by atoms with Crippen molar-refractivity contribution in [3.63, 3.8) is 0 Å². The molecule has 1 saturated carbocycles. The van der Waals surface area contributed by atoms with Crippen molar-refractivity contribution in [2.24, 2.45) is 11.8 Å². The first-order valence-electron chi connectivity index (χ1n) is 8.92. The summed E-state index contributed by atoms with van der Waals surface area (Å²) in [5.41, 5.74) is 0.973. The molecule has 2 atom stereocenters. The minimum atomic E-state index is 0.231. The summed E-state index contributed by atoms with van der Waals surface area (Å²) < 4.78 is 5.28. The van der Waals surface area contributed by atoms with Crippen LogP contribution in [-0.4, -0.2) is 34.0 Å². The first-order chi connectivity index (χ1) is 11.8. The van der Waals surface area contributed by atoms with E-state index >= 15 is 0 Å². The van der Waals surface area contributed by atoms with E-state index in [1.807, 2.05) is 16.8 Å². The summed E-state index contributed by atoms with van der Waals surface area (Å²) in [6.45, 7) is 1.87. The van der Waals surface area contributed by atoms with Gasteiger partial charge in [-0.2, -0.15) is 16.3 Å². The molecular weight excluding hydrogens is 322 g/mol. The zero-order chi connectivity index (χ0) is 16.4. The highest BCUT2D eigenvalue weighted by Crippen LogP contribution is 2.36. The summed E-state index contributed by atoms with van der Waals surface area (Å²) in [6, 6.07) is 1.97. The number of carbonyl (C=O) groups is 1. The van der Waals surface area contributed by atoms with E-state index in [-0.39, 0.29) is 5.91 Å². The minimum Gasteiger partial charge on any atom is -0.342 e. The van der Waals surface area contributed by atoms with Crippen LogP contribution >= 0.6 is 11.3 Å². The van der Waals surface area contributed by atoms with Crippen LogP contribution in [0.25, 0.3) is 11.4 Å². The second kappa shape index (κ2) is 7.05. The normalized spacial score (nSPS) is 23.9. The van der Waals surface area contributed by atoms with E-state index in [1.54, 1.807) is 11.3 Å².